The second kappa shape index (κ2) is 4.61. The molecule has 1 aliphatic rings. The number of nitrogens with one attached hydrogen (secondary N) is 1. The Kier molecular flexibility index (Phi) is 3.68. The Morgan fingerprint density at radius 3 is 2.33 bits per heavy atom. The summed E-state index contributed by atoms with van der Waals surface area (Å²) in [4.78, 5) is 21.3. The van der Waals surface area contributed by atoms with Gasteiger partial charge in [0.15, 0.2) is 0 Å². The SMILES string of the molecule is CC(C)C[C@@H]1N[C@H](C(=O)O)[C@H]1CC(=O)O. The molecule has 86 valence electrons. The van der Waals surface area contributed by atoms with Crippen LogP contribution >= 0.6 is 0 Å². The van der Waals surface area contributed by atoms with Crippen molar-refractivity contribution in [3.05, 3.63) is 0 Å². The molecule has 0 aromatic heterocycles. The van der Waals surface area contributed by atoms with Crippen LogP contribution in [0.2, 0.25) is 0 Å². The van der Waals surface area contributed by atoms with E-state index in [4.69, 9.17) is 10.2 Å². The van der Waals surface area contributed by atoms with E-state index in [0.717, 1.165) is 6.42 Å². The third kappa shape index (κ3) is 2.92. The molecule has 0 spiro atoms. The van der Waals surface area contributed by atoms with Crippen molar-refractivity contribution in [2.75, 3.05) is 0 Å². The zero-order chi connectivity index (χ0) is 11.6. The fourth-order valence-corrected chi connectivity index (χ4v) is 2.06. The minimum atomic E-state index is -0.957. The maximum absolute atomic E-state index is 10.7. The first-order valence-electron chi connectivity index (χ1n) is 5.12. The van der Waals surface area contributed by atoms with Gasteiger partial charge in [-0.2, -0.15) is 0 Å². The summed E-state index contributed by atoms with van der Waals surface area (Å²) in [6, 6.07) is -0.660. The zero-order valence-corrected chi connectivity index (χ0v) is 8.93. The van der Waals surface area contributed by atoms with Crippen LogP contribution in [0.5, 0.6) is 0 Å². The molecule has 0 radical (unpaired) electrons. The van der Waals surface area contributed by atoms with Crippen LogP contribution < -0.4 is 5.32 Å². The Labute approximate surface area is 88.5 Å². The molecule has 0 saturated carbocycles. The van der Waals surface area contributed by atoms with Crippen LogP contribution in [-0.2, 0) is 9.59 Å². The summed E-state index contributed by atoms with van der Waals surface area (Å²) in [7, 11) is 0. The van der Waals surface area contributed by atoms with Crippen molar-refractivity contribution in [1.29, 1.82) is 0 Å². The van der Waals surface area contributed by atoms with E-state index in [1.807, 2.05) is 13.8 Å². The van der Waals surface area contributed by atoms with E-state index in [1.54, 1.807) is 0 Å². The maximum atomic E-state index is 10.7. The van der Waals surface area contributed by atoms with Crippen molar-refractivity contribution in [2.45, 2.75) is 38.8 Å². The van der Waals surface area contributed by atoms with Gasteiger partial charge in [-0.15, -0.1) is 0 Å². The van der Waals surface area contributed by atoms with Crippen LogP contribution in [0.1, 0.15) is 26.7 Å². The topological polar surface area (TPSA) is 86.6 Å². The summed E-state index contributed by atoms with van der Waals surface area (Å²) in [6.45, 7) is 4.07. The van der Waals surface area contributed by atoms with E-state index < -0.39 is 18.0 Å². The first kappa shape index (κ1) is 12.0. The molecule has 1 heterocycles. The van der Waals surface area contributed by atoms with Crippen LogP contribution in [-0.4, -0.2) is 34.2 Å². The van der Waals surface area contributed by atoms with Crippen molar-refractivity contribution < 1.29 is 19.8 Å². The third-order valence-electron chi connectivity index (χ3n) is 2.74. The highest BCUT2D eigenvalue weighted by molar-refractivity contribution is 5.77. The fraction of sp³-hybridized carbons (Fsp3) is 0.800. The summed E-state index contributed by atoms with van der Waals surface area (Å²) in [5.41, 5.74) is 0. The fourth-order valence-electron chi connectivity index (χ4n) is 2.06. The summed E-state index contributed by atoms with van der Waals surface area (Å²) < 4.78 is 0. The van der Waals surface area contributed by atoms with Gasteiger partial charge in [0, 0.05) is 12.0 Å². The molecule has 3 N–H and O–H groups in total. The van der Waals surface area contributed by atoms with Gasteiger partial charge in [-0.3, -0.25) is 9.59 Å². The van der Waals surface area contributed by atoms with Crippen LogP contribution in [0.4, 0.5) is 0 Å². The number of carboxylic acid groups (broad SMARTS) is 2. The minimum absolute atomic E-state index is 0.0298. The average Bonchev–Trinajstić information content (AvgIpc) is 2.06. The van der Waals surface area contributed by atoms with Gasteiger partial charge in [0.1, 0.15) is 6.04 Å². The molecular weight excluding hydrogens is 198 g/mol. The molecule has 1 aliphatic heterocycles. The molecule has 1 rings (SSSR count). The van der Waals surface area contributed by atoms with E-state index in [0.29, 0.717) is 5.92 Å². The predicted molar refractivity (Wildman–Crippen MR) is 53.5 cm³/mol. The Bertz CT molecular complexity index is 264. The van der Waals surface area contributed by atoms with Crippen LogP contribution in [0.25, 0.3) is 0 Å². The van der Waals surface area contributed by atoms with Gasteiger partial charge < -0.3 is 15.5 Å². The second-order valence-electron chi connectivity index (χ2n) is 4.48. The lowest BCUT2D eigenvalue weighted by Gasteiger charge is -2.44. The monoisotopic (exact) mass is 215 g/mol. The summed E-state index contributed by atoms with van der Waals surface area (Å²) in [6.07, 6.45) is 0.753. The standard InChI is InChI=1S/C10H17NO4/c1-5(2)3-7-6(4-8(12)13)9(11-7)10(14)15/h5-7,9,11H,3-4H2,1-2H3,(H,12,13)(H,14,15)/t6-,7-,9-/m0/s1. The quantitative estimate of drug-likeness (QED) is 0.623. The highest BCUT2D eigenvalue weighted by Crippen LogP contribution is 2.29. The maximum Gasteiger partial charge on any atom is 0.321 e. The van der Waals surface area contributed by atoms with Gasteiger partial charge in [-0.05, 0) is 12.3 Å². The lowest BCUT2D eigenvalue weighted by Crippen LogP contribution is -2.65. The van der Waals surface area contributed by atoms with E-state index in [1.165, 1.54) is 0 Å². The molecule has 5 nitrogen and oxygen atoms in total. The van der Waals surface area contributed by atoms with Gasteiger partial charge in [-0.1, -0.05) is 13.8 Å². The van der Waals surface area contributed by atoms with E-state index in [2.05, 4.69) is 5.32 Å². The Hall–Kier alpha value is -1.10. The van der Waals surface area contributed by atoms with Gasteiger partial charge in [-0.25, -0.2) is 0 Å². The van der Waals surface area contributed by atoms with Gasteiger partial charge in [0.2, 0.25) is 0 Å². The summed E-state index contributed by atoms with van der Waals surface area (Å²) >= 11 is 0. The number of carboxylic acids is 2. The number of rotatable bonds is 5. The first-order chi connectivity index (χ1) is 6.91. The highest BCUT2D eigenvalue weighted by atomic mass is 16.4. The van der Waals surface area contributed by atoms with Crippen molar-refractivity contribution in [2.24, 2.45) is 11.8 Å². The molecule has 5 heteroatoms. The number of aliphatic carboxylic acids is 2. The van der Waals surface area contributed by atoms with Gasteiger partial charge in [0.25, 0.3) is 0 Å². The molecule has 15 heavy (non-hydrogen) atoms. The van der Waals surface area contributed by atoms with Crippen molar-refractivity contribution in [1.82, 2.24) is 5.32 Å². The molecule has 0 unspecified atom stereocenters. The van der Waals surface area contributed by atoms with E-state index in [9.17, 15) is 9.59 Å². The van der Waals surface area contributed by atoms with Crippen LogP contribution in [0.15, 0.2) is 0 Å². The summed E-state index contributed by atoms with van der Waals surface area (Å²) in [5.74, 6) is -1.72. The second-order valence-corrected chi connectivity index (χ2v) is 4.48. The molecule has 1 fully saturated rings. The molecular formula is C10H17NO4. The van der Waals surface area contributed by atoms with Gasteiger partial charge in [0.05, 0.1) is 6.42 Å². The zero-order valence-electron chi connectivity index (χ0n) is 8.93. The lowest BCUT2D eigenvalue weighted by molar-refractivity contribution is -0.148. The van der Waals surface area contributed by atoms with E-state index in [-0.39, 0.29) is 18.4 Å². The molecule has 0 aromatic carbocycles. The molecule has 3 atom stereocenters. The lowest BCUT2D eigenvalue weighted by atomic mass is 9.76. The number of hydrogen-bond donors (Lipinski definition) is 3. The largest absolute Gasteiger partial charge is 0.481 e. The molecule has 0 amide bonds. The predicted octanol–water partition coefficient (Wildman–Crippen LogP) is 0.548. The van der Waals surface area contributed by atoms with Crippen LogP contribution in [0.3, 0.4) is 0 Å². The molecule has 1 saturated heterocycles. The summed E-state index contributed by atoms with van der Waals surface area (Å²) in [5, 5.41) is 20.4. The van der Waals surface area contributed by atoms with Crippen molar-refractivity contribution >= 4 is 11.9 Å². The van der Waals surface area contributed by atoms with E-state index >= 15 is 0 Å². The first-order valence-corrected chi connectivity index (χ1v) is 5.12. The Balaban J connectivity index is 2.55. The highest BCUT2D eigenvalue weighted by Gasteiger charge is 2.45. The molecule has 0 bridgehead atoms. The third-order valence-corrected chi connectivity index (χ3v) is 2.74. The van der Waals surface area contributed by atoms with Crippen LogP contribution in [0, 0.1) is 11.8 Å². The number of hydrogen-bond acceptors (Lipinski definition) is 3. The molecule has 0 aromatic rings. The number of carbonyl (C=O) groups is 2. The Morgan fingerprint density at radius 1 is 1.33 bits per heavy atom. The molecule has 0 aliphatic carbocycles. The normalized spacial score (nSPS) is 29.9. The Morgan fingerprint density at radius 2 is 1.93 bits per heavy atom. The minimum Gasteiger partial charge on any atom is -0.481 e. The van der Waals surface area contributed by atoms with Crippen molar-refractivity contribution in [3.8, 4) is 0 Å². The van der Waals surface area contributed by atoms with Crippen molar-refractivity contribution in [3.63, 3.8) is 0 Å². The average molecular weight is 215 g/mol. The van der Waals surface area contributed by atoms with Gasteiger partial charge >= 0.3 is 11.9 Å². The smallest absolute Gasteiger partial charge is 0.321 e.